The summed E-state index contributed by atoms with van der Waals surface area (Å²) < 4.78 is 10.1. The molecule has 0 spiro atoms. The summed E-state index contributed by atoms with van der Waals surface area (Å²) in [6.45, 7) is 2.04. The van der Waals surface area contributed by atoms with Gasteiger partial charge in [-0.25, -0.2) is 9.78 Å². The van der Waals surface area contributed by atoms with Crippen molar-refractivity contribution in [3.05, 3.63) is 65.2 Å². The Bertz CT molecular complexity index is 951. The molecule has 2 aromatic carbocycles. The maximum absolute atomic E-state index is 12.5. The van der Waals surface area contributed by atoms with Gasteiger partial charge in [0.15, 0.2) is 0 Å². The molecule has 0 aliphatic rings. The van der Waals surface area contributed by atoms with E-state index in [0.29, 0.717) is 23.6 Å². The smallest absolute Gasteiger partial charge is 0.338 e. The van der Waals surface area contributed by atoms with Gasteiger partial charge in [0.25, 0.3) is 5.91 Å². The molecule has 6 nitrogen and oxygen atoms in total. The van der Waals surface area contributed by atoms with Crippen molar-refractivity contribution in [3.63, 3.8) is 0 Å². The first-order valence-electron chi connectivity index (χ1n) is 8.29. The second kappa shape index (κ2) is 8.46. The number of nitrogens with zero attached hydrogens (tertiary/aromatic N) is 1. The molecule has 0 saturated carbocycles. The molecule has 138 valence electrons. The van der Waals surface area contributed by atoms with Crippen LogP contribution in [-0.2, 0) is 4.74 Å². The minimum Gasteiger partial charge on any atom is -0.497 e. The number of aromatic nitrogens is 1. The molecule has 0 radical (unpaired) electrons. The van der Waals surface area contributed by atoms with E-state index in [1.807, 2.05) is 24.3 Å². The molecule has 1 heterocycles. The molecule has 7 heteroatoms. The number of methoxy groups -OCH3 is 1. The van der Waals surface area contributed by atoms with E-state index in [9.17, 15) is 9.59 Å². The first-order chi connectivity index (χ1) is 13.1. The lowest BCUT2D eigenvalue weighted by Gasteiger charge is -2.06. The predicted molar refractivity (Wildman–Crippen MR) is 104 cm³/mol. The number of carbonyl (C=O) groups excluding carboxylic acids is 2. The summed E-state index contributed by atoms with van der Waals surface area (Å²) in [5, 5.41) is 5.19. The quantitative estimate of drug-likeness (QED) is 0.645. The van der Waals surface area contributed by atoms with Crippen molar-refractivity contribution < 1.29 is 19.1 Å². The summed E-state index contributed by atoms with van der Waals surface area (Å²) in [4.78, 5) is 28.7. The Morgan fingerprint density at radius 1 is 1.15 bits per heavy atom. The third-order valence-corrected chi connectivity index (χ3v) is 4.60. The number of carbonyl (C=O) groups is 2. The third-order valence-electron chi connectivity index (χ3n) is 3.71. The number of hydrogen-bond donors (Lipinski definition) is 1. The summed E-state index contributed by atoms with van der Waals surface area (Å²) >= 11 is 1.38. The summed E-state index contributed by atoms with van der Waals surface area (Å²) in [6.07, 6.45) is 0. The van der Waals surface area contributed by atoms with Crippen molar-refractivity contribution in [2.75, 3.05) is 19.0 Å². The summed E-state index contributed by atoms with van der Waals surface area (Å²) in [6, 6.07) is 14.1. The summed E-state index contributed by atoms with van der Waals surface area (Å²) in [5.41, 5.74) is 2.10. The highest BCUT2D eigenvalue weighted by molar-refractivity contribution is 7.13. The van der Waals surface area contributed by atoms with E-state index in [4.69, 9.17) is 9.47 Å². The normalized spacial score (nSPS) is 10.3. The van der Waals surface area contributed by atoms with Gasteiger partial charge in [0.1, 0.15) is 16.5 Å². The summed E-state index contributed by atoms with van der Waals surface area (Å²) in [5.74, 6) is -0.00850. The monoisotopic (exact) mass is 382 g/mol. The Morgan fingerprint density at radius 3 is 2.63 bits per heavy atom. The molecule has 0 saturated heterocycles. The number of benzene rings is 2. The number of nitrogens with one attached hydrogen (secondary N) is 1. The number of hydrogen-bond acceptors (Lipinski definition) is 6. The molecule has 0 aliphatic heterocycles. The topological polar surface area (TPSA) is 77.5 Å². The van der Waals surface area contributed by atoms with Gasteiger partial charge in [0, 0.05) is 16.6 Å². The Hall–Kier alpha value is -3.19. The second-order valence-corrected chi connectivity index (χ2v) is 6.38. The Kier molecular flexibility index (Phi) is 5.83. The Labute approximate surface area is 160 Å². The fraction of sp³-hybridized carbons (Fsp3) is 0.150. The second-order valence-electron chi connectivity index (χ2n) is 5.52. The fourth-order valence-electron chi connectivity index (χ4n) is 2.38. The van der Waals surface area contributed by atoms with Crippen molar-refractivity contribution in [2.45, 2.75) is 6.92 Å². The maximum Gasteiger partial charge on any atom is 0.338 e. The van der Waals surface area contributed by atoms with Crippen LogP contribution in [-0.4, -0.2) is 30.6 Å². The number of rotatable bonds is 6. The van der Waals surface area contributed by atoms with Gasteiger partial charge in [-0.3, -0.25) is 4.79 Å². The van der Waals surface area contributed by atoms with Crippen LogP contribution in [0, 0.1) is 0 Å². The van der Waals surface area contributed by atoms with Crippen LogP contribution in [0.25, 0.3) is 10.6 Å². The lowest BCUT2D eigenvalue weighted by Crippen LogP contribution is -2.13. The van der Waals surface area contributed by atoms with Crippen molar-refractivity contribution in [2.24, 2.45) is 0 Å². The van der Waals surface area contributed by atoms with Gasteiger partial charge in [-0.05, 0) is 49.4 Å². The minimum absolute atomic E-state index is 0.294. The van der Waals surface area contributed by atoms with Crippen molar-refractivity contribution in [1.29, 1.82) is 0 Å². The van der Waals surface area contributed by atoms with E-state index in [2.05, 4.69) is 10.3 Å². The molecule has 1 aromatic heterocycles. The molecule has 0 unspecified atom stereocenters. The van der Waals surface area contributed by atoms with Gasteiger partial charge in [-0.15, -0.1) is 11.3 Å². The molecule has 0 aliphatic carbocycles. The molecule has 1 amide bonds. The van der Waals surface area contributed by atoms with Crippen LogP contribution in [0.4, 0.5) is 5.69 Å². The number of thiazole rings is 1. The zero-order valence-corrected chi connectivity index (χ0v) is 15.7. The van der Waals surface area contributed by atoms with Crippen LogP contribution in [0.2, 0.25) is 0 Å². The highest BCUT2D eigenvalue weighted by atomic mass is 32.1. The number of anilines is 1. The maximum atomic E-state index is 12.5. The number of ether oxygens (including phenoxy) is 2. The highest BCUT2D eigenvalue weighted by Gasteiger charge is 2.14. The number of esters is 1. The van der Waals surface area contributed by atoms with E-state index in [-0.39, 0.29) is 5.91 Å². The van der Waals surface area contributed by atoms with Crippen LogP contribution in [0.1, 0.15) is 27.8 Å². The molecular formula is C20H18N2O4S. The standard InChI is InChI=1S/C20H18N2O4S/c1-3-26-20(24)14-5-4-6-15(11-14)21-18(23)17-12-27-19(22-17)13-7-9-16(25-2)10-8-13/h4-12H,3H2,1-2H3,(H,21,23). The lowest BCUT2D eigenvalue weighted by molar-refractivity contribution is 0.0526. The first-order valence-corrected chi connectivity index (χ1v) is 9.17. The third kappa shape index (κ3) is 4.51. The number of amides is 1. The van der Waals surface area contributed by atoms with Crippen LogP contribution in [0.15, 0.2) is 53.9 Å². The van der Waals surface area contributed by atoms with Gasteiger partial charge in [0.05, 0.1) is 19.3 Å². The fourth-order valence-corrected chi connectivity index (χ4v) is 3.18. The van der Waals surface area contributed by atoms with E-state index in [1.54, 1.807) is 43.7 Å². The predicted octanol–water partition coefficient (Wildman–Crippen LogP) is 4.25. The molecule has 3 rings (SSSR count). The average Bonchev–Trinajstić information content (AvgIpc) is 3.19. The van der Waals surface area contributed by atoms with Gasteiger partial charge in [-0.2, -0.15) is 0 Å². The van der Waals surface area contributed by atoms with Gasteiger partial charge >= 0.3 is 5.97 Å². The molecule has 27 heavy (non-hydrogen) atoms. The van der Waals surface area contributed by atoms with Crippen LogP contribution < -0.4 is 10.1 Å². The molecular weight excluding hydrogens is 364 g/mol. The van der Waals surface area contributed by atoms with Crippen LogP contribution >= 0.6 is 11.3 Å². The molecule has 3 aromatic rings. The molecule has 0 atom stereocenters. The van der Waals surface area contributed by atoms with Crippen molar-refractivity contribution in [3.8, 4) is 16.3 Å². The zero-order chi connectivity index (χ0) is 19.2. The van der Waals surface area contributed by atoms with Crippen molar-refractivity contribution >= 4 is 28.9 Å². The van der Waals surface area contributed by atoms with Gasteiger partial charge < -0.3 is 14.8 Å². The zero-order valence-electron chi connectivity index (χ0n) is 14.9. The Balaban J connectivity index is 1.72. The minimum atomic E-state index is -0.427. The van der Waals surface area contributed by atoms with E-state index in [0.717, 1.165) is 16.3 Å². The SMILES string of the molecule is CCOC(=O)c1cccc(NC(=O)c2csc(-c3ccc(OC)cc3)n2)c1. The van der Waals surface area contributed by atoms with Crippen LogP contribution in [0.3, 0.4) is 0 Å². The van der Waals surface area contributed by atoms with Gasteiger partial charge in [-0.1, -0.05) is 6.07 Å². The Morgan fingerprint density at radius 2 is 1.93 bits per heavy atom. The molecule has 1 N–H and O–H groups in total. The molecule has 0 fully saturated rings. The van der Waals surface area contributed by atoms with E-state index in [1.165, 1.54) is 11.3 Å². The van der Waals surface area contributed by atoms with Crippen LogP contribution in [0.5, 0.6) is 5.75 Å². The highest BCUT2D eigenvalue weighted by Crippen LogP contribution is 2.26. The largest absolute Gasteiger partial charge is 0.497 e. The molecule has 0 bridgehead atoms. The van der Waals surface area contributed by atoms with Gasteiger partial charge in [0.2, 0.25) is 0 Å². The van der Waals surface area contributed by atoms with E-state index >= 15 is 0 Å². The summed E-state index contributed by atoms with van der Waals surface area (Å²) in [7, 11) is 1.61. The first kappa shape index (κ1) is 18.6. The lowest BCUT2D eigenvalue weighted by atomic mass is 10.2. The average molecular weight is 382 g/mol. The van der Waals surface area contributed by atoms with E-state index < -0.39 is 5.97 Å². The van der Waals surface area contributed by atoms with Crippen molar-refractivity contribution in [1.82, 2.24) is 4.98 Å².